The maximum Gasteiger partial charge on any atom is 0.221 e. The molecule has 1 aromatic carbocycles. The van der Waals surface area contributed by atoms with Crippen molar-refractivity contribution in [3.8, 4) is 22.5 Å². The molecule has 10 nitrogen and oxygen atoms in total. The van der Waals surface area contributed by atoms with Crippen LogP contribution < -0.4 is 4.90 Å². The lowest BCUT2D eigenvalue weighted by Gasteiger charge is -2.35. The van der Waals surface area contributed by atoms with Crippen LogP contribution in [0.3, 0.4) is 0 Å². The normalized spacial score (nSPS) is 17.8. The monoisotopic (exact) mass is 486 g/mol. The maximum absolute atomic E-state index is 5.44. The lowest BCUT2D eigenvalue weighted by atomic mass is 10.1. The highest BCUT2D eigenvalue weighted by Crippen LogP contribution is 2.30. The Kier molecular flexibility index (Phi) is 6.39. The Morgan fingerprint density at radius 2 is 1.81 bits per heavy atom. The Morgan fingerprint density at radius 1 is 0.972 bits per heavy atom. The Hall–Kier alpha value is -3.34. The molecule has 0 spiro atoms. The third kappa shape index (κ3) is 4.59. The molecule has 0 amide bonds. The van der Waals surface area contributed by atoms with Crippen LogP contribution in [0.2, 0.25) is 0 Å². The first-order chi connectivity index (χ1) is 17.7. The highest BCUT2D eigenvalue weighted by atomic mass is 16.5. The van der Waals surface area contributed by atoms with Gasteiger partial charge in [0, 0.05) is 68.8 Å². The van der Waals surface area contributed by atoms with Gasteiger partial charge in [0.2, 0.25) is 6.33 Å². The van der Waals surface area contributed by atoms with Crippen LogP contribution >= 0.6 is 0 Å². The number of piperazine rings is 1. The molecule has 2 fully saturated rings. The molecule has 187 valence electrons. The number of anilines is 1. The lowest BCUT2D eigenvalue weighted by molar-refractivity contribution is 0.0360. The summed E-state index contributed by atoms with van der Waals surface area (Å²) in [7, 11) is 2.18. The molecule has 3 aromatic heterocycles. The van der Waals surface area contributed by atoms with Crippen molar-refractivity contribution in [3.63, 3.8) is 0 Å². The van der Waals surface area contributed by atoms with Crippen molar-refractivity contribution < 1.29 is 4.74 Å². The summed E-state index contributed by atoms with van der Waals surface area (Å²) in [5.41, 5.74) is 6.88. The third-order valence-electron chi connectivity index (χ3n) is 7.25. The number of likely N-dealkylation sites (N-methyl/N-ethyl adjacent to an activating group) is 1. The van der Waals surface area contributed by atoms with Crippen LogP contribution in [-0.4, -0.2) is 105 Å². The van der Waals surface area contributed by atoms with E-state index in [2.05, 4.69) is 68.4 Å². The van der Waals surface area contributed by atoms with Crippen molar-refractivity contribution in [1.29, 1.82) is 0 Å². The van der Waals surface area contributed by atoms with E-state index in [4.69, 9.17) is 9.72 Å². The summed E-state index contributed by atoms with van der Waals surface area (Å²) < 4.78 is 9.23. The van der Waals surface area contributed by atoms with E-state index >= 15 is 0 Å². The molecule has 5 heterocycles. The Bertz CT molecular complexity index is 1330. The van der Waals surface area contributed by atoms with Gasteiger partial charge in [-0.1, -0.05) is 6.07 Å². The van der Waals surface area contributed by atoms with Gasteiger partial charge in [0.25, 0.3) is 0 Å². The molecular formula is C26H32N9O. The molecule has 36 heavy (non-hydrogen) atoms. The molecule has 0 N–H and O–H groups in total. The molecule has 0 aliphatic carbocycles. The standard InChI is InChI=1S/C26H32N9O/c1-20-15-21(3-4-23(20)33-8-5-31(2)6-9-33)25-26-28-19-30-35(26)24(17-27-25)22-16-29-34(18-22)10-7-32-11-13-36-14-12-32/h3-4,15-18H,5-14H2,1-2H3. The molecule has 0 atom stereocenters. The Morgan fingerprint density at radius 3 is 2.61 bits per heavy atom. The fourth-order valence-electron chi connectivity index (χ4n) is 5.06. The minimum atomic E-state index is 0.695. The molecule has 1 radical (unpaired) electrons. The van der Waals surface area contributed by atoms with Gasteiger partial charge in [0.05, 0.1) is 37.8 Å². The van der Waals surface area contributed by atoms with Crippen LogP contribution in [0.15, 0.2) is 36.8 Å². The summed E-state index contributed by atoms with van der Waals surface area (Å²) in [5.74, 6) is 0. The summed E-state index contributed by atoms with van der Waals surface area (Å²) in [4.78, 5) is 16.5. The van der Waals surface area contributed by atoms with E-state index in [1.54, 1.807) is 0 Å². The summed E-state index contributed by atoms with van der Waals surface area (Å²) in [6, 6.07) is 6.55. The van der Waals surface area contributed by atoms with Crippen LogP contribution in [-0.2, 0) is 11.3 Å². The zero-order valence-corrected chi connectivity index (χ0v) is 21.0. The van der Waals surface area contributed by atoms with Crippen molar-refractivity contribution in [2.75, 3.05) is 71.0 Å². The number of fused-ring (bicyclic) bond motifs is 1. The van der Waals surface area contributed by atoms with Crippen molar-refractivity contribution in [3.05, 3.63) is 48.7 Å². The van der Waals surface area contributed by atoms with Crippen molar-refractivity contribution in [1.82, 2.24) is 39.2 Å². The number of benzene rings is 1. The first-order valence-corrected chi connectivity index (χ1v) is 12.6. The van der Waals surface area contributed by atoms with E-state index in [0.717, 1.165) is 88.1 Å². The average Bonchev–Trinajstić information content (AvgIpc) is 3.59. The summed E-state index contributed by atoms with van der Waals surface area (Å²) in [6.07, 6.45) is 8.55. The van der Waals surface area contributed by atoms with Crippen LogP contribution in [0.4, 0.5) is 5.69 Å². The topological polar surface area (TPSA) is 79.8 Å². The second kappa shape index (κ2) is 9.96. The van der Waals surface area contributed by atoms with Gasteiger partial charge in [0.15, 0.2) is 5.65 Å². The molecule has 2 aliphatic rings. The maximum atomic E-state index is 5.44. The van der Waals surface area contributed by atoms with Crippen LogP contribution in [0.25, 0.3) is 28.2 Å². The molecule has 0 bridgehead atoms. The molecule has 4 aromatic rings. The van der Waals surface area contributed by atoms with Gasteiger partial charge < -0.3 is 14.5 Å². The quantitative estimate of drug-likeness (QED) is 0.409. The Labute approximate surface area is 211 Å². The van der Waals surface area contributed by atoms with Crippen LogP contribution in [0.5, 0.6) is 0 Å². The number of nitrogens with zero attached hydrogens (tertiary/aromatic N) is 9. The van der Waals surface area contributed by atoms with E-state index in [0.29, 0.717) is 5.65 Å². The molecule has 10 heteroatoms. The number of rotatable bonds is 6. The number of morpholine rings is 1. The molecule has 2 aliphatic heterocycles. The van der Waals surface area contributed by atoms with Gasteiger partial charge in [-0.25, -0.2) is 14.5 Å². The largest absolute Gasteiger partial charge is 0.379 e. The highest BCUT2D eigenvalue weighted by molar-refractivity contribution is 5.78. The van der Waals surface area contributed by atoms with Crippen molar-refractivity contribution >= 4 is 11.3 Å². The van der Waals surface area contributed by atoms with Gasteiger partial charge >= 0.3 is 0 Å². The molecular weight excluding hydrogens is 454 g/mol. The fraction of sp³-hybridized carbons (Fsp3) is 0.462. The van der Waals surface area contributed by atoms with Gasteiger partial charge in [-0.3, -0.25) is 9.58 Å². The molecule has 0 saturated carbocycles. The van der Waals surface area contributed by atoms with Gasteiger partial charge in [-0.2, -0.15) is 5.10 Å². The van der Waals surface area contributed by atoms with Gasteiger partial charge in [-0.15, -0.1) is 5.10 Å². The number of hydrogen-bond acceptors (Lipinski definition) is 8. The second-order valence-electron chi connectivity index (χ2n) is 9.68. The lowest BCUT2D eigenvalue weighted by Crippen LogP contribution is -2.44. The van der Waals surface area contributed by atoms with Crippen LogP contribution in [0.1, 0.15) is 5.56 Å². The van der Waals surface area contributed by atoms with E-state index in [1.807, 2.05) is 27.8 Å². The Balaban J connectivity index is 1.23. The summed E-state index contributed by atoms with van der Waals surface area (Å²) >= 11 is 0. The average molecular weight is 487 g/mol. The predicted octanol–water partition coefficient (Wildman–Crippen LogP) is 1.85. The number of aryl methyl sites for hydroxylation is 1. The smallest absolute Gasteiger partial charge is 0.221 e. The zero-order valence-electron chi connectivity index (χ0n) is 21.0. The minimum absolute atomic E-state index is 0.695. The summed E-state index contributed by atoms with van der Waals surface area (Å²) in [5, 5.41) is 8.97. The summed E-state index contributed by atoms with van der Waals surface area (Å²) in [6.45, 7) is 11.8. The van der Waals surface area contributed by atoms with E-state index < -0.39 is 0 Å². The van der Waals surface area contributed by atoms with Gasteiger partial charge in [0.1, 0.15) is 5.69 Å². The van der Waals surface area contributed by atoms with Crippen molar-refractivity contribution in [2.45, 2.75) is 13.5 Å². The molecule has 0 unspecified atom stereocenters. The van der Waals surface area contributed by atoms with Crippen molar-refractivity contribution in [2.24, 2.45) is 0 Å². The predicted molar refractivity (Wildman–Crippen MR) is 138 cm³/mol. The SMILES string of the molecule is Cc1cc(-c2ncc(-c3cnn(CCN4CCOCC4)c3)n3n[c]nc23)ccc1N1CCN(C)CC1. The second-order valence-corrected chi connectivity index (χ2v) is 9.68. The molecule has 2 saturated heterocycles. The van der Waals surface area contributed by atoms with E-state index in [1.165, 1.54) is 11.3 Å². The zero-order chi connectivity index (χ0) is 24.5. The van der Waals surface area contributed by atoms with E-state index in [-0.39, 0.29) is 0 Å². The number of hydrogen-bond donors (Lipinski definition) is 0. The fourth-order valence-corrected chi connectivity index (χ4v) is 5.06. The number of ether oxygens (including phenoxy) is 1. The number of aromatic nitrogens is 6. The first kappa shape index (κ1) is 23.1. The third-order valence-corrected chi connectivity index (χ3v) is 7.25. The highest BCUT2D eigenvalue weighted by Gasteiger charge is 2.19. The van der Waals surface area contributed by atoms with E-state index in [9.17, 15) is 0 Å². The van der Waals surface area contributed by atoms with Gasteiger partial charge in [-0.05, 0) is 31.7 Å². The molecule has 6 rings (SSSR count). The van der Waals surface area contributed by atoms with Crippen LogP contribution in [0, 0.1) is 13.3 Å². The first-order valence-electron chi connectivity index (χ1n) is 12.6. The minimum Gasteiger partial charge on any atom is -0.379 e.